The molecule has 8 nitrogen and oxygen atoms in total. The number of hydrogen-bond donors (Lipinski definition) is 1. The third kappa shape index (κ3) is 5.55. The topological polar surface area (TPSA) is 102 Å². The lowest BCUT2D eigenvalue weighted by atomic mass is 10.1. The van der Waals surface area contributed by atoms with Crippen LogP contribution in [-0.4, -0.2) is 52.4 Å². The average Bonchev–Trinajstić information content (AvgIpc) is 2.71. The Bertz CT molecular complexity index is 974. The van der Waals surface area contributed by atoms with Crippen molar-refractivity contribution in [3.05, 3.63) is 59.7 Å². The van der Waals surface area contributed by atoms with Gasteiger partial charge in [-0.3, -0.25) is 4.79 Å². The summed E-state index contributed by atoms with van der Waals surface area (Å²) in [6, 6.07) is 13.0. The molecule has 29 heavy (non-hydrogen) atoms. The van der Waals surface area contributed by atoms with Crippen LogP contribution in [0.25, 0.3) is 0 Å². The lowest BCUT2D eigenvalue weighted by Gasteiger charge is -2.16. The van der Waals surface area contributed by atoms with Gasteiger partial charge in [-0.2, -0.15) is 0 Å². The SMILES string of the molecule is COc1ccc(C(=O)OCC(=O)N[C@@H](C)c2ccccc2)cc1S(=O)(=O)N(C)C. The molecule has 0 radical (unpaired) electrons. The Kier molecular flexibility index (Phi) is 7.35. The zero-order valence-electron chi connectivity index (χ0n) is 16.7. The van der Waals surface area contributed by atoms with Gasteiger partial charge in [0.05, 0.1) is 18.7 Å². The molecule has 0 spiro atoms. The molecule has 0 fully saturated rings. The maximum atomic E-state index is 12.4. The smallest absolute Gasteiger partial charge is 0.338 e. The number of methoxy groups -OCH3 is 1. The van der Waals surface area contributed by atoms with Crippen LogP contribution in [0.15, 0.2) is 53.4 Å². The standard InChI is InChI=1S/C20H24N2O6S/c1-14(15-8-6-5-7-9-15)21-19(23)13-28-20(24)16-10-11-17(27-4)18(12-16)29(25,26)22(2)3/h5-12,14H,13H2,1-4H3,(H,21,23)/t14-/m0/s1. The van der Waals surface area contributed by atoms with Crippen molar-refractivity contribution in [3.63, 3.8) is 0 Å². The largest absolute Gasteiger partial charge is 0.495 e. The number of carbonyl (C=O) groups excluding carboxylic acids is 2. The fraction of sp³-hybridized carbons (Fsp3) is 0.300. The second-order valence-electron chi connectivity index (χ2n) is 6.43. The molecule has 0 unspecified atom stereocenters. The highest BCUT2D eigenvalue weighted by atomic mass is 32.2. The van der Waals surface area contributed by atoms with Gasteiger partial charge in [0.25, 0.3) is 5.91 Å². The van der Waals surface area contributed by atoms with Gasteiger partial charge in [0.15, 0.2) is 6.61 Å². The van der Waals surface area contributed by atoms with Gasteiger partial charge in [0.2, 0.25) is 10.0 Å². The van der Waals surface area contributed by atoms with E-state index in [-0.39, 0.29) is 22.3 Å². The quantitative estimate of drug-likeness (QED) is 0.655. The average molecular weight is 420 g/mol. The van der Waals surface area contributed by atoms with Crippen LogP contribution in [0.3, 0.4) is 0 Å². The number of benzene rings is 2. The maximum absolute atomic E-state index is 12.4. The first-order valence-electron chi connectivity index (χ1n) is 8.78. The second-order valence-corrected chi connectivity index (χ2v) is 8.55. The Morgan fingerprint density at radius 1 is 1.10 bits per heavy atom. The van der Waals surface area contributed by atoms with Crippen LogP contribution < -0.4 is 10.1 Å². The van der Waals surface area contributed by atoms with E-state index < -0.39 is 28.5 Å². The van der Waals surface area contributed by atoms with Crippen LogP contribution in [0.2, 0.25) is 0 Å². The first-order valence-corrected chi connectivity index (χ1v) is 10.2. The van der Waals surface area contributed by atoms with Crippen molar-refractivity contribution in [2.75, 3.05) is 27.8 Å². The molecule has 0 saturated heterocycles. The van der Waals surface area contributed by atoms with Crippen molar-refractivity contribution in [2.45, 2.75) is 17.9 Å². The predicted octanol–water partition coefficient (Wildman–Crippen LogP) is 1.98. The number of amides is 1. The van der Waals surface area contributed by atoms with Gasteiger partial charge in [-0.1, -0.05) is 30.3 Å². The molecule has 2 aromatic carbocycles. The zero-order valence-corrected chi connectivity index (χ0v) is 17.5. The van der Waals surface area contributed by atoms with Crippen LogP contribution in [0.4, 0.5) is 0 Å². The molecule has 0 saturated carbocycles. The summed E-state index contributed by atoms with van der Waals surface area (Å²) in [4.78, 5) is 24.2. The first kappa shape index (κ1) is 22.4. The van der Waals surface area contributed by atoms with Crippen molar-refractivity contribution >= 4 is 21.9 Å². The van der Waals surface area contributed by atoms with E-state index in [9.17, 15) is 18.0 Å². The third-order valence-corrected chi connectivity index (χ3v) is 6.01. The van der Waals surface area contributed by atoms with Crippen LogP contribution in [0, 0.1) is 0 Å². The summed E-state index contributed by atoms with van der Waals surface area (Å²) in [7, 11) is 0.247. The molecule has 1 amide bonds. The number of sulfonamides is 1. The summed E-state index contributed by atoms with van der Waals surface area (Å²) in [5, 5.41) is 2.73. The molecule has 0 bridgehead atoms. The monoisotopic (exact) mass is 420 g/mol. The van der Waals surface area contributed by atoms with Crippen molar-refractivity contribution in [3.8, 4) is 5.75 Å². The van der Waals surface area contributed by atoms with E-state index >= 15 is 0 Å². The maximum Gasteiger partial charge on any atom is 0.338 e. The minimum absolute atomic E-state index is 0.00451. The Labute approximate surface area is 170 Å². The van der Waals surface area contributed by atoms with Crippen LogP contribution in [-0.2, 0) is 19.6 Å². The molecule has 156 valence electrons. The fourth-order valence-electron chi connectivity index (χ4n) is 2.52. The van der Waals surface area contributed by atoms with E-state index in [1.807, 2.05) is 37.3 Å². The first-order chi connectivity index (χ1) is 13.7. The van der Waals surface area contributed by atoms with Gasteiger partial charge in [-0.25, -0.2) is 17.5 Å². The summed E-state index contributed by atoms with van der Waals surface area (Å²) in [6.45, 7) is 1.33. The minimum Gasteiger partial charge on any atom is -0.495 e. The van der Waals surface area contributed by atoms with E-state index in [1.165, 1.54) is 39.4 Å². The minimum atomic E-state index is -3.83. The van der Waals surface area contributed by atoms with Gasteiger partial charge in [-0.15, -0.1) is 0 Å². The van der Waals surface area contributed by atoms with E-state index in [0.29, 0.717) is 0 Å². The molecule has 0 aliphatic carbocycles. The van der Waals surface area contributed by atoms with E-state index in [4.69, 9.17) is 9.47 Å². The predicted molar refractivity (Wildman–Crippen MR) is 107 cm³/mol. The molecule has 1 N–H and O–H groups in total. The van der Waals surface area contributed by atoms with Gasteiger partial charge in [-0.05, 0) is 30.7 Å². The van der Waals surface area contributed by atoms with Gasteiger partial charge < -0.3 is 14.8 Å². The molecular formula is C20H24N2O6S. The number of ether oxygens (including phenoxy) is 2. The zero-order chi connectivity index (χ0) is 21.6. The van der Waals surface area contributed by atoms with Crippen LogP contribution in [0.1, 0.15) is 28.9 Å². The summed E-state index contributed by atoms with van der Waals surface area (Å²) in [5.41, 5.74) is 0.913. The Balaban J connectivity index is 2.06. The van der Waals surface area contributed by atoms with Gasteiger partial charge in [0, 0.05) is 14.1 Å². The normalized spacial score (nSPS) is 12.3. The number of carbonyl (C=O) groups is 2. The van der Waals surface area contributed by atoms with Crippen LogP contribution in [0.5, 0.6) is 5.75 Å². The molecule has 0 aliphatic heterocycles. The van der Waals surface area contributed by atoms with E-state index in [2.05, 4.69) is 5.32 Å². The number of nitrogens with zero attached hydrogens (tertiary/aromatic N) is 1. The number of esters is 1. The molecule has 0 heterocycles. The third-order valence-electron chi connectivity index (χ3n) is 4.17. The summed E-state index contributed by atoms with van der Waals surface area (Å²) in [6.07, 6.45) is 0. The van der Waals surface area contributed by atoms with Crippen LogP contribution >= 0.6 is 0 Å². The fourth-order valence-corrected chi connectivity index (χ4v) is 3.60. The number of nitrogens with one attached hydrogen (secondary N) is 1. The molecule has 1 atom stereocenters. The molecule has 0 aromatic heterocycles. The Morgan fingerprint density at radius 2 is 1.76 bits per heavy atom. The number of hydrogen-bond acceptors (Lipinski definition) is 6. The van der Waals surface area contributed by atoms with Gasteiger partial charge >= 0.3 is 5.97 Å². The van der Waals surface area contributed by atoms with Crippen molar-refractivity contribution in [2.24, 2.45) is 0 Å². The molecule has 9 heteroatoms. The second kappa shape index (κ2) is 9.53. The molecule has 2 rings (SSSR count). The molecular weight excluding hydrogens is 396 g/mol. The Hall–Kier alpha value is -2.91. The summed E-state index contributed by atoms with van der Waals surface area (Å²) in [5.74, 6) is -1.18. The Morgan fingerprint density at radius 3 is 2.34 bits per heavy atom. The molecule has 2 aromatic rings. The van der Waals surface area contributed by atoms with Crippen molar-refractivity contribution in [1.29, 1.82) is 0 Å². The lowest BCUT2D eigenvalue weighted by Crippen LogP contribution is -2.31. The highest BCUT2D eigenvalue weighted by Gasteiger charge is 2.24. The summed E-state index contributed by atoms with van der Waals surface area (Å²) >= 11 is 0. The lowest BCUT2D eigenvalue weighted by molar-refractivity contribution is -0.124. The van der Waals surface area contributed by atoms with E-state index in [1.54, 1.807) is 0 Å². The van der Waals surface area contributed by atoms with E-state index in [0.717, 1.165) is 9.87 Å². The number of rotatable bonds is 8. The highest BCUT2D eigenvalue weighted by Crippen LogP contribution is 2.27. The van der Waals surface area contributed by atoms with Gasteiger partial charge in [0.1, 0.15) is 10.6 Å². The van der Waals surface area contributed by atoms with Crippen molar-refractivity contribution in [1.82, 2.24) is 9.62 Å². The van der Waals surface area contributed by atoms with Crippen molar-refractivity contribution < 1.29 is 27.5 Å². The highest BCUT2D eigenvalue weighted by molar-refractivity contribution is 7.89. The molecule has 0 aliphatic rings. The summed E-state index contributed by atoms with van der Waals surface area (Å²) < 4.78 is 36.0.